The minimum absolute atomic E-state index is 0.266. The molecule has 5 nitrogen and oxygen atoms in total. The zero-order valence-corrected chi connectivity index (χ0v) is 13.2. The predicted molar refractivity (Wildman–Crippen MR) is 87.8 cm³/mol. The molecule has 1 aromatic carbocycles. The molecular weight excluding hydrogens is 276 g/mol. The topological polar surface area (TPSA) is 49.3 Å². The average Bonchev–Trinajstić information content (AvgIpc) is 2.54. The second kappa shape index (κ2) is 6.30. The summed E-state index contributed by atoms with van der Waals surface area (Å²) in [5.41, 5.74) is 0.964. The first kappa shape index (κ1) is 14.8. The van der Waals surface area contributed by atoms with Crippen LogP contribution in [0, 0.1) is 5.92 Å². The molecule has 2 heterocycles. The summed E-state index contributed by atoms with van der Waals surface area (Å²) in [7, 11) is 0. The summed E-state index contributed by atoms with van der Waals surface area (Å²) in [5, 5.41) is 1.08. The number of anilines is 1. The van der Waals surface area contributed by atoms with E-state index in [-0.39, 0.29) is 5.91 Å². The van der Waals surface area contributed by atoms with Crippen LogP contribution in [-0.4, -0.2) is 47.0 Å². The van der Waals surface area contributed by atoms with Gasteiger partial charge in [0, 0.05) is 38.0 Å². The van der Waals surface area contributed by atoms with Gasteiger partial charge in [-0.3, -0.25) is 4.79 Å². The minimum atomic E-state index is 0.266. The van der Waals surface area contributed by atoms with Crippen molar-refractivity contribution in [2.75, 3.05) is 31.1 Å². The van der Waals surface area contributed by atoms with Crippen molar-refractivity contribution < 1.29 is 4.79 Å². The van der Waals surface area contributed by atoms with Gasteiger partial charge in [0.2, 0.25) is 5.91 Å². The molecule has 0 atom stereocenters. The molecule has 1 aromatic heterocycles. The van der Waals surface area contributed by atoms with Crippen LogP contribution in [0.1, 0.15) is 20.3 Å². The van der Waals surface area contributed by atoms with E-state index in [1.54, 1.807) is 6.33 Å². The molecule has 0 saturated carbocycles. The third-order valence-corrected chi connectivity index (χ3v) is 4.04. The molecule has 1 amide bonds. The smallest absolute Gasteiger partial charge is 0.222 e. The molecule has 0 bridgehead atoms. The van der Waals surface area contributed by atoms with Crippen LogP contribution in [-0.2, 0) is 4.79 Å². The van der Waals surface area contributed by atoms with E-state index in [2.05, 4.69) is 34.8 Å². The average molecular weight is 298 g/mol. The summed E-state index contributed by atoms with van der Waals surface area (Å²) < 4.78 is 0. The van der Waals surface area contributed by atoms with Crippen molar-refractivity contribution in [3.05, 3.63) is 30.6 Å². The van der Waals surface area contributed by atoms with Gasteiger partial charge in [0.1, 0.15) is 12.1 Å². The fourth-order valence-electron chi connectivity index (χ4n) is 2.89. The van der Waals surface area contributed by atoms with E-state index in [1.807, 2.05) is 23.1 Å². The molecule has 22 heavy (non-hydrogen) atoms. The molecular formula is C17H22N4O. The number of aromatic nitrogens is 2. The van der Waals surface area contributed by atoms with E-state index in [0.29, 0.717) is 12.3 Å². The number of piperazine rings is 1. The first-order chi connectivity index (χ1) is 10.6. The molecule has 1 aliphatic rings. The van der Waals surface area contributed by atoms with Gasteiger partial charge in [0.05, 0.1) is 5.52 Å². The summed E-state index contributed by atoms with van der Waals surface area (Å²) in [6.45, 7) is 7.35. The summed E-state index contributed by atoms with van der Waals surface area (Å²) >= 11 is 0. The maximum Gasteiger partial charge on any atom is 0.222 e. The summed E-state index contributed by atoms with van der Waals surface area (Å²) in [6, 6.07) is 8.06. The monoisotopic (exact) mass is 298 g/mol. The largest absolute Gasteiger partial charge is 0.352 e. The Morgan fingerprint density at radius 2 is 1.86 bits per heavy atom. The van der Waals surface area contributed by atoms with Gasteiger partial charge in [-0.2, -0.15) is 0 Å². The number of carbonyl (C=O) groups excluding carboxylic acids is 1. The third-order valence-electron chi connectivity index (χ3n) is 4.04. The Balaban J connectivity index is 1.72. The van der Waals surface area contributed by atoms with Gasteiger partial charge in [0.25, 0.3) is 0 Å². The zero-order valence-electron chi connectivity index (χ0n) is 13.2. The van der Waals surface area contributed by atoms with E-state index in [0.717, 1.165) is 42.9 Å². The SMILES string of the molecule is CC(C)CC(=O)N1CCN(c2ncnc3ccccc23)CC1. The number of carbonyl (C=O) groups is 1. The van der Waals surface area contributed by atoms with E-state index >= 15 is 0 Å². The lowest BCUT2D eigenvalue weighted by Gasteiger charge is -2.36. The van der Waals surface area contributed by atoms with Gasteiger partial charge in [-0.05, 0) is 18.1 Å². The fraction of sp³-hybridized carbons (Fsp3) is 0.471. The Morgan fingerprint density at radius 1 is 1.14 bits per heavy atom. The van der Waals surface area contributed by atoms with Crippen LogP contribution in [0.15, 0.2) is 30.6 Å². The highest BCUT2D eigenvalue weighted by molar-refractivity contribution is 5.89. The second-order valence-electron chi connectivity index (χ2n) is 6.18. The summed E-state index contributed by atoms with van der Waals surface area (Å²) in [4.78, 5) is 25.1. The van der Waals surface area contributed by atoms with Crippen LogP contribution in [0.5, 0.6) is 0 Å². The second-order valence-corrected chi connectivity index (χ2v) is 6.18. The van der Waals surface area contributed by atoms with Crippen molar-refractivity contribution in [3.8, 4) is 0 Å². The first-order valence-electron chi connectivity index (χ1n) is 7.87. The Labute approximate surface area is 131 Å². The number of nitrogens with zero attached hydrogens (tertiary/aromatic N) is 4. The molecule has 2 aromatic rings. The lowest BCUT2D eigenvalue weighted by molar-refractivity contribution is -0.132. The van der Waals surface area contributed by atoms with Gasteiger partial charge in [-0.1, -0.05) is 26.0 Å². The molecule has 116 valence electrons. The van der Waals surface area contributed by atoms with Crippen molar-refractivity contribution in [1.29, 1.82) is 0 Å². The molecule has 0 radical (unpaired) electrons. The number of benzene rings is 1. The number of para-hydroxylation sites is 1. The number of fused-ring (bicyclic) bond motifs is 1. The lowest BCUT2D eigenvalue weighted by atomic mass is 10.1. The number of hydrogen-bond acceptors (Lipinski definition) is 4. The maximum absolute atomic E-state index is 12.1. The van der Waals surface area contributed by atoms with Crippen molar-refractivity contribution in [2.24, 2.45) is 5.92 Å². The van der Waals surface area contributed by atoms with E-state index in [1.165, 1.54) is 0 Å². The molecule has 3 rings (SSSR count). The number of hydrogen-bond donors (Lipinski definition) is 0. The van der Waals surface area contributed by atoms with Crippen LogP contribution in [0.4, 0.5) is 5.82 Å². The molecule has 1 aliphatic heterocycles. The van der Waals surface area contributed by atoms with Gasteiger partial charge in [-0.15, -0.1) is 0 Å². The summed E-state index contributed by atoms with van der Waals surface area (Å²) in [6.07, 6.45) is 2.25. The third kappa shape index (κ3) is 3.03. The van der Waals surface area contributed by atoms with Crippen LogP contribution in [0.2, 0.25) is 0 Å². The van der Waals surface area contributed by atoms with E-state index in [9.17, 15) is 4.79 Å². The molecule has 0 spiro atoms. The lowest BCUT2D eigenvalue weighted by Crippen LogP contribution is -2.49. The highest BCUT2D eigenvalue weighted by Gasteiger charge is 2.23. The Kier molecular flexibility index (Phi) is 4.22. The van der Waals surface area contributed by atoms with Crippen LogP contribution in [0.3, 0.4) is 0 Å². The minimum Gasteiger partial charge on any atom is -0.352 e. The Hall–Kier alpha value is -2.17. The molecule has 1 fully saturated rings. The fourth-order valence-corrected chi connectivity index (χ4v) is 2.89. The first-order valence-corrected chi connectivity index (χ1v) is 7.87. The highest BCUT2D eigenvalue weighted by atomic mass is 16.2. The summed E-state index contributed by atoms with van der Waals surface area (Å²) in [5.74, 6) is 1.65. The molecule has 1 saturated heterocycles. The zero-order chi connectivity index (χ0) is 15.5. The van der Waals surface area contributed by atoms with Crippen molar-refractivity contribution >= 4 is 22.6 Å². The van der Waals surface area contributed by atoms with Gasteiger partial charge in [0.15, 0.2) is 0 Å². The van der Waals surface area contributed by atoms with E-state index in [4.69, 9.17) is 0 Å². The molecule has 0 N–H and O–H groups in total. The van der Waals surface area contributed by atoms with Gasteiger partial charge < -0.3 is 9.80 Å². The maximum atomic E-state index is 12.1. The van der Waals surface area contributed by atoms with Crippen molar-refractivity contribution in [3.63, 3.8) is 0 Å². The molecule has 0 unspecified atom stereocenters. The van der Waals surface area contributed by atoms with E-state index < -0.39 is 0 Å². The molecule has 0 aliphatic carbocycles. The van der Waals surface area contributed by atoms with Crippen LogP contribution >= 0.6 is 0 Å². The van der Waals surface area contributed by atoms with Gasteiger partial charge >= 0.3 is 0 Å². The van der Waals surface area contributed by atoms with Crippen LogP contribution in [0.25, 0.3) is 10.9 Å². The molecule has 5 heteroatoms. The standard InChI is InChI=1S/C17H22N4O/c1-13(2)11-16(22)20-7-9-21(10-8-20)17-14-5-3-4-6-15(14)18-12-19-17/h3-6,12-13H,7-11H2,1-2H3. The number of amides is 1. The van der Waals surface area contributed by atoms with Crippen molar-refractivity contribution in [1.82, 2.24) is 14.9 Å². The highest BCUT2D eigenvalue weighted by Crippen LogP contribution is 2.23. The van der Waals surface area contributed by atoms with Crippen molar-refractivity contribution in [2.45, 2.75) is 20.3 Å². The Morgan fingerprint density at radius 3 is 2.59 bits per heavy atom. The number of rotatable bonds is 3. The van der Waals surface area contributed by atoms with Crippen LogP contribution < -0.4 is 4.90 Å². The predicted octanol–water partition coefficient (Wildman–Crippen LogP) is 2.32. The quantitative estimate of drug-likeness (QED) is 0.872. The normalized spacial score (nSPS) is 15.6. The van der Waals surface area contributed by atoms with Gasteiger partial charge in [-0.25, -0.2) is 9.97 Å². The Bertz CT molecular complexity index is 657.